The van der Waals surface area contributed by atoms with E-state index in [0.29, 0.717) is 15.6 Å². The van der Waals surface area contributed by atoms with Gasteiger partial charge in [0, 0.05) is 27.8 Å². The van der Waals surface area contributed by atoms with E-state index in [1.54, 1.807) is 18.2 Å². The Morgan fingerprint density at radius 3 is 2.50 bits per heavy atom. The fourth-order valence-electron chi connectivity index (χ4n) is 2.22. The van der Waals surface area contributed by atoms with E-state index in [-0.39, 0.29) is 30.1 Å². The van der Waals surface area contributed by atoms with E-state index in [0.717, 1.165) is 12.1 Å². The van der Waals surface area contributed by atoms with E-state index >= 15 is 0 Å². The van der Waals surface area contributed by atoms with Gasteiger partial charge in [-0.2, -0.15) is 13.2 Å². The van der Waals surface area contributed by atoms with Crippen LogP contribution in [0.15, 0.2) is 48.6 Å². The predicted octanol–water partition coefficient (Wildman–Crippen LogP) is 5.54. The number of aliphatic hydroxyl groups excluding tert-OH is 1. The highest BCUT2D eigenvalue weighted by Gasteiger charge is 2.31. The van der Waals surface area contributed by atoms with Gasteiger partial charge in [-0.3, -0.25) is 0 Å². The van der Waals surface area contributed by atoms with E-state index in [1.165, 1.54) is 18.2 Å². The summed E-state index contributed by atoms with van der Waals surface area (Å²) in [5.74, 6) is 0. The Bertz CT molecular complexity index is 836. The lowest BCUT2D eigenvalue weighted by atomic mass is 10.0. The van der Waals surface area contributed by atoms with Gasteiger partial charge in [0.15, 0.2) is 0 Å². The molecule has 2 aromatic rings. The fourth-order valence-corrected chi connectivity index (χ4v) is 2.69. The molecule has 0 fully saturated rings. The molecule has 0 aromatic heterocycles. The molecule has 3 N–H and O–H groups in total. The van der Waals surface area contributed by atoms with Gasteiger partial charge >= 0.3 is 6.18 Å². The Morgan fingerprint density at radius 1 is 1.15 bits per heavy atom. The average molecular weight is 403 g/mol. The molecule has 0 aliphatic carbocycles. The molecule has 0 bridgehead atoms. The number of rotatable bonds is 6. The second kappa shape index (κ2) is 8.58. The minimum Gasteiger partial charge on any atom is -0.392 e. The molecule has 26 heavy (non-hydrogen) atoms. The molecule has 8 heteroatoms. The summed E-state index contributed by atoms with van der Waals surface area (Å²) in [5.41, 5.74) is 0.199. The van der Waals surface area contributed by atoms with Crippen LogP contribution in [0, 0.1) is 5.41 Å². The van der Waals surface area contributed by atoms with Crippen LogP contribution in [0.1, 0.15) is 16.7 Å². The first kappa shape index (κ1) is 20.3. The molecule has 0 aliphatic heterocycles. The van der Waals surface area contributed by atoms with Crippen molar-refractivity contribution in [2.24, 2.45) is 0 Å². The molecule has 0 saturated carbocycles. The van der Waals surface area contributed by atoms with Gasteiger partial charge in [0.05, 0.1) is 17.9 Å². The van der Waals surface area contributed by atoms with Gasteiger partial charge in [0.2, 0.25) is 0 Å². The molecule has 0 unspecified atom stereocenters. The average Bonchev–Trinajstić information content (AvgIpc) is 2.58. The quantitative estimate of drug-likeness (QED) is 0.555. The molecule has 0 spiro atoms. The third-order valence-electron chi connectivity index (χ3n) is 3.51. The Kier molecular flexibility index (Phi) is 6.69. The van der Waals surface area contributed by atoms with Crippen molar-refractivity contribution in [2.45, 2.75) is 12.7 Å². The first-order chi connectivity index (χ1) is 12.2. The lowest BCUT2D eigenvalue weighted by molar-refractivity contribution is -0.137. The van der Waals surface area contributed by atoms with Gasteiger partial charge in [-0.25, -0.2) is 0 Å². The van der Waals surface area contributed by atoms with Crippen LogP contribution in [0.3, 0.4) is 0 Å². The number of anilines is 1. The zero-order valence-electron chi connectivity index (χ0n) is 13.4. The summed E-state index contributed by atoms with van der Waals surface area (Å²) < 4.78 is 39.0. The number of halogens is 5. The third-order valence-corrected chi connectivity index (χ3v) is 4.10. The van der Waals surface area contributed by atoms with Crippen molar-refractivity contribution < 1.29 is 18.3 Å². The van der Waals surface area contributed by atoms with E-state index in [9.17, 15) is 13.2 Å². The molecule has 0 atom stereocenters. The molecule has 0 radical (unpaired) electrons. The van der Waals surface area contributed by atoms with Crippen LogP contribution in [0.5, 0.6) is 0 Å². The fraction of sp³-hybridized carbons (Fsp3) is 0.167. The van der Waals surface area contributed by atoms with Crippen molar-refractivity contribution in [3.05, 3.63) is 75.3 Å². The standard InChI is InChI=1S/C18H15Cl2F3N2O/c19-13-5-3-11(15(20)9-13)10-25-17-8-12(18(21,22)23)4-6-14(17)16(24)2-1-7-26/h1-6,8-9,24-26H,7,10H2/b2-1+,24-16?. The van der Waals surface area contributed by atoms with Gasteiger partial charge in [-0.15, -0.1) is 0 Å². The molecular weight excluding hydrogens is 388 g/mol. The van der Waals surface area contributed by atoms with Gasteiger partial charge < -0.3 is 15.8 Å². The lowest BCUT2D eigenvalue weighted by Gasteiger charge is -2.15. The number of aliphatic hydroxyl groups is 1. The normalized spacial score (nSPS) is 11.8. The van der Waals surface area contributed by atoms with E-state index < -0.39 is 11.7 Å². The Balaban J connectivity index is 2.35. The number of hydrogen-bond acceptors (Lipinski definition) is 3. The topological polar surface area (TPSA) is 56.1 Å². The van der Waals surface area contributed by atoms with Crippen molar-refractivity contribution in [1.29, 1.82) is 5.41 Å². The number of hydrogen-bond donors (Lipinski definition) is 3. The number of benzene rings is 2. The minimum atomic E-state index is -4.50. The van der Waals surface area contributed by atoms with Gasteiger partial charge in [-0.05, 0) is 35.9 Å². The molecule has 138 valence electrons. The van der Waals surface area contributed by atoms with Crippen molar-refractivity contribution in [3.8, 4) is 0 Å². The highest BCUT2D eigenvalue weighted by atomic mass is 35.5. The van der Waals surface area contributed by atoms with Crippen molar-refractivity contribution in [2.75, 3.05) is 11.9 Å². The number of allylic oxidation sites excluding steroid dienone is 1. The summed E-state index contributed by atoms with van der Waals surface area (Å²) in [7, 11) is 0. The smallest absolute Gasteiger partial charge is 0.392 e. The minimum absolute atomic E-state index is 0.0301. The molecule has 0 aliphatic rings. The van der Waals surface area contributed by atoms with Crippen LogP contribution in [0.25, 0.3) is 0 Å². The van der Waals surface area contributed by atoms with Crippen LogP contribution >= 0.6 is 23.2 Å². The SMILES string of the molecule is N=C(/C=C/CO)c1ccc(C(F)(F)F)cc1NCc1ccc(Cl)cc1Cl. The Labute approximate surface area is 158 Å². The lowest BCUT2D eigenvalue weighted by Crippen LogP contribution is -2.10. The summed E-state index contributed by atoms with van der Waals surface area (Å²) in [6.07, 6.45) is -1.85. The zero-order valence-corrected chi connectivity index (χ0v) is 14.9. The number of alkyl halides is 3. The maximum absolute atomic E-state index is 13.0. The van der Waals surface area contributed by atoms with Crippen molar-refractivity contribution in [3.63, 3.8) is 0 Å². The van der Waals surface area contributed by atoms with Gasteiger partial charge in [0.1, 0.15) is 0 Å². The van der Waals surface area contributed by atoms with Crippen LogP contribution in [-0.2, 0) is 12.7 Å². The summed E-state index contributed by atoms with van der Waals surface area (Å²) in [4.78, 5) is 0. The molecule has 0 amide bonds. The molecule has 0 heterocycles. The van der Waals surface area contributed by atoms with E-state index in [2.05, 4.69) is 5.32 Å². The van der Waals surface area contributed by atoms with Crippen LogP contribution in [-0.4, -0.2) is 17.4 Å². The van der Waals surface area contributed by atoms with Crippen molar-refractivity contribution in [1.82, 2.24) is 0 Å². The summed E-state index contributed by atoms with van der Waals surface area (Å²) in [6, 6.07) is 7.92. The third kappa shape index (κ3) is 5.24. The van der Waals surface area contributed by atoms with Crippen molar-refractivity contribution >= 4 is 34.6 Å². The highest BCUT2D eigenvalue weighted by Crippen LogP contribution is 2.33. The molecule has 3 nitrogen and oxygen atoms in total. The predicted molar refractivity (Wildman–Crippen MR) is 98.3 cm³/mol. The maximum atomic E-state index is 13.0. The first-order valence-corrected chi connectivity index (χ1v) is 8.23. The summed E-state index contributed by atoms with van der Waals surface area (Å²) in [5, 5.41) is 20.5. The largest absolute Gasteiger partial charge is 0.416 e. The van der Waals surface area contributed by atoms with E-state index in [1.807, 2.05) is 0 Å². The van der Waals surface area contributed by atoms with Gasteiger partial charge in [0.25, 0.3) is 0 Å². The Hall–Kier alpha value is -2.02. The maximum Gasteiger partial charge on any atom is 0.416 e. The molecule has 0 saturated heterocycles. The second-order valence-corrected chi connectivity index (χ2v) is 6.19. The summed E-state index contributed by atoms with van der Waals surface area (Å²) >= 11 is 11.9. The summed E-state index contributed by atoms with van der Waals surface area (Å²) in [6.45, 7) is -0.118. The Morgan fingerprint density at radius 2 is 1.88 bits per heavy atom. The van der Waals surface area contributed by atoms with Gasteiger partial charge in [-0.1, -0.05) is 41.4 Å². The first-order valence-electron chi connectivity index (χ1n) is 7.47. The zero-order chi connectivity index (χ0) is 19.3. The van der Waals surface area contributed by atoms with Crippen LogP contribution < -0.4 is 5.32 Å². The highest BCUT2D eigenvalue weighted by molar-refractivity contribution is 6.35. The monoisotopic (exact) mass is 402 g/mol. The van der Waals surface area contributed by atoms with Crippen LogP contribution in [0.4, 0.5) is 18.9 Å². The molecule has 2 rings (SSSR count). The second-order valence-electron chi connectivity index (χ2n) is 5.35. The number of nitrogens with one attached hydrogen (secondary N) is 2. The van der Waals surface area contributed by atoms with Crippen LogP contribution in [0.2, 0.25) is 10.0 Å². The molecular formula is C18H15Cl2F3N2O. The molecule has 2 aromatic carbocycles. The van der Waals surface area contributed by atoms with E-state index in [4.69, 9.17) is 33.7 Å².